The van der Waals surface area contributed by atoms with Crippen molar-refractivity contribution in [3.8, 4) is 17.2 Å². The van der Waals surface area contributed by atoms with Gasteiger partial charge in [0.1, 0.15) is 5.75 Å². The summed E-state index contributed by atoms with van der Waals surface area (Å²) < 4.78 is 12.1. The van der Waals surface area contributed by atoms with Gasteiger partial charge in [0.15, 0.2) is 11.5 Å². The summed E-state index contributed by atoms with van der Waals surface area (Å²) in [5, 5.41) is 0. The molecule has 0 aromatic heterocycles. The molecule has 0 radical (unpaired) electrons. The smallest absolute Gasteiger partial charge is 0.169 e. The van der Waals surface area contributed by atoms with Crippen molar-refractivity contribution < 1.29 is 9.47 Å². The average molecular weight is 308 g/mol. The number of halogens is 1. The Balaban J connectivity index is 2.37. The molecule has 0 aliphatic rings. The maximum atomic E-state index is 5.87. The largest absolute Gasteiger partial charge is 0.493 e. The quantitative estimate of drug-likeness (QED) is 0.936. The third-order valence-corrected chi connectivity index (χ3v) is 3.31. The van der Waals surface area contributed by atoms with E-state index in [0.29, 0.717) is 18.0 Å². The molecule has 18 heavy (non-hydrogen) atoms. The van der Waals surface area contributed by atoms with Crippen LogP contribution in [0.25, 0.3) is 0 Å². The zero-order chi connectivity index (χ0) is 13.0. The minimum atomic E-state index is 0.409. The van der Waals surface area contributed by atoms with E-state index in [2.05, 4.69) is 15.9 Å². The molecular weight excluding hydrogens is 294 g/mol. The van der Waals surface area contributed by atoms with E-state index in [9.17, 15) is 0 Å². The van der Waals surface area contributed by atoms with E-state index in [1.165, 1.54) is 0 Å². The van der Waals surface area contributed by atoms with E-state index < -0.39 is 0 Å². The zero-order valence-electron chi connectivity index (χ0n) is 10.0. The minimum Gasteiger partial charge on any atom is -0.493 e. The van der Waals surface area contributed by atoms with Crippen molar-refractivity contribution in [1.29, 1.82) is 0 Å². The molecule has 0 fully saturated rings. The van der Waals surface area contributed by atoms with Crippen molar-refractivity contribution in [2.24, 2.45) is 5.73 Å². The van der Waals surface area contributed by atoms with Crippen LogP contribution in [0.3, 0.4) is 0 Å². The molecule has 0 spiro atoms. The van der Waals surface area contributed by atoms with Crippen molar-refractivity contribution in [2.75, 3.05) is 7.11 Å². The molecule has 0 saturated carbocycles. The van der Waals surface area contributed by atoms with Gasteiger partial charge in [-0.15, -0.1) is 0 Å². The highest BCUT2D eigenvalue weighted by molar-refractivity contribution is 9.10. The number of benzene rings is 2. The van der Waals surface area contributed by atoms with Gasteiger partial charge in [-0.2, -0.15) is 0 Å². The Hall–Kier alpha value is -1.52. The number of ether oxygens (including phenoxy) is 2. The molecule has 0 amide bonds. The number of hydrogen-bond donors (Lipinski definition) is 1. The van der Waals surface area contributed by atoms with Gasteiger partial charge >= 0.3 is 0 Å². The van der Waals surface area contributed by atoms with Gasteiger partial charge in [-0.25, -0.2) is 0 Å². The number of hydrogen-bond acceptors (Lipinski definition) is 3. The van der Waals surface area contributed by atoms with Gasteiger partial charge in [0.05, 0.1) is 7.11 Å². The van der Waals surface area contributed by atoms with Crippen molar-refractivity contribution in [1.82, 2.24) is 0 Å². The summed E-state index contributed by atoms with van der Waals surface area (Å²) in [4.78, 5) is 0. The summed E-state index contributed by atoms with van der Waals surface area (Å²) in [5.74, 6) is 2.10. The maximum absolute atomic E-state index is 5.87. The van der Waals surface area contributed by atoms with Crippen LogP contribution in [-0.2, 0) is 6.54 Å². The Labute approximate surface area is 115 Å². The van der Waals surface area contributed by atoms with Crippen LogP contribution in [0.15, 0.2) is 46.9 Å². The summed E-state index contributed by atoms with van der Waals surface area (Å²) in [7, 11) is 1.62. The fourth-order valence-corrected chi connectivity index (χ4v) is 2.16. The zero-order valence-corrected chi connectivity index (χ0v) is 11.6. The predicted octanol–water partition coefficient (Wildman–Crippen LogP) is 3.71. The number of nitrogens with two attached hydrogens (primary N) is 1. The second kappa shape index (κ2) is 5.89. The molecule has 0 aliphatic carbocycles. The lowest BCUT2D eigenvalue weighted by molar-refractivity contribution is 0.377. The van der Waals surface area contributed by atoms with E-state index in [1.807, 2.05) is 42.5 Å². The molecular formula is C14H14BrNO2. The highest BCUT2D eigenvalue weighted by atomic mass is 79.9. The van der Waals surface area contributed by atoms with Gasteiger partial charge in [0.2, 0.25) is 0 Å². The van der Waals surface area contributed by atoms with Crippen LogP contribution in [0.2, 0.25) is 0 Å². The first-order chi connectivity index (χ1) is 8.76. The molecule has 2 rings (SSSR count). The first-order valence-corrected chi connectivity index (χ1v) is 6.34. The molecule has 0 aliphatic heterocycles. The first-order valence-electron chi connectivity index (χ1n) is 5.54. The fourth-order valence-electron chi connectivity index (χ4n) is 1.65. The highest BCUT2D eigenvalue weighted by Gasteiger charge is 2.09. The number of rotatable bonds is 4. The molecule has 3 nitrogen and oxygen atoms in total. The van der Waals surface area contributed by atoms with Crippen LogP contribution < -0.4 is 15.2 Å². The topological polar surface area (TPSA) is 44.5 Å². The van der Waals surface area contributed by atoms with Gasteiger partial charge in [-0.1, -0.05) is 34.1 Å². The van der Waals surface area contributed by atoms with Gasteiger partial charge in [-0.05, 0) is 24.3 Å². The van der Waals surface area contributed by atoms with Gasteiger partial charge < -0.3 is 15.2 Å². The number of methoxy groups -OCH3 is 1. The molecule has 2 aromatic carbocycles. The van der Waals surface area contributed by atoms with Crippen LogP contribution in [0.5, 0.6) is 17.2 Å². The summed E-state index contributed by atoms with van der Waals surface area (Å²) >= 11 is 3.46. The van der Waals surface area contributed by atoms with E-state index in [4.69, 9.17) is 15.2 Å². The van der Waals surface area contributed by atoms with E-state index in [0.717, 1.165) is 15.8 Å². The lowest BCUT2D eigenvalue weighted by atomic mass is 10.2. The number of para-hydroxylation sites is 2. The van der Waals surface area contributed by atoms with Crippen LogP contribution in [0, 0.1) is 0 Å². The molecule has 2 aromatic rings. The highest BCUT2D eigenvalue weighted by Crippen LogP contribution is 2.34. The van der Waals surface area contributed by atoms with Crippen LogP contribution in [0.4, 0.5) is 0 Å². The predicted molar refractivity (Wildman–Crippen MR) is 75.1 cm³/mol. The Morgan fingerprint density at radius 1 is 1.00 bits per heavy atom. The standard InChI is InChI=1S/C14H14BrNO2/c1-17-13-6-2-3-7-14(13)18-12-8-4-5-11(15)10(12)9-16/h2-8H,9,16H2,1H3. The van der Waals surface area contributed by atoms with E-state index in [-0.39, 0.29) is 0 Å². The normalized spacial score (nSPS) is 10.2. The summed E-state index contributed by atoms with van der Waals surface area (Å²) in [5.41, 5.74) is 6.67. The molecule has 0 bridgehead atoms. The Kier molecular flexibility index (Phi) is 4.23. The van der Waals surface area contributed by atoms with Crippen molar-refractivity contribution >= 4 is 15.9 Å². The van der Waals surface area contributed by atoms with Crippen LogP contribution in [0.1, 0.15) is 5.56 Å². The lowest BCUT2D eigenvalue weighted by Gasteiger charge is -2.13. The summed E-state index contributed by atoms with van der Waals surface area (Å²) in [6, 6.07) is 13.3. The van der Waals surface area contributed by atoms with Crippen molar-refractivity contribution in [3.05, 3.63) is 52.5 Å². The SMILES string of the molecule is COc1ccccc1Oc1cccc(Br)c1CN. The molecule has 0 atom stereocenters. The van der Waals surface area contributed by atoms with Gasteiger partial charge in [0.25, 0.3) is 0 Å². The van der Waals surface area contributed by atoms with E-state index >= 15 is 0 Å². The molecule has 2 N–H and O–H groups in total. The Morgan fingerprint density at radius 3 is 2.33 bits per heavy atom. The monoisotopic (exact) mass is 307 g/mol. The average Bonchev–Trinajstić information content (AvgIpc) is 2.40. The molecule has 0 saturated heterocycles. The maximum Gasteiger partial charge on any atom is 0.169 e. The molecule has 4 heteroatoms. The minimum absolute atomic E-state index is 0.409. The molecule has 0 heterocycles. The summed E-state index contributed by atoms with van der Waals surface area (Å²) in [6.45, 7) is 0.409. The Morgan fingerprint density at radius 2 is 1.67 bits per heavy atom. The van der Waals surface area contributed by atoms with Gasteiger partial charge in [-0.3, -0.25) is 0 Å². The van der Waals surface area contributed by atoms with Gasteiger partial charge in [0, 0.05) is 16.6 Å². The second-order valence-corrected chi connectivity index (χ2v) is 4.53. The first kappa shape index (κ1) is 12.9. The molecule has 0 unspecified atom stereocenters. The lowest BCUT2D eigenvalue weighted by Crippen LogP contribution is -2.01. The molecule has 94 valence electrons. The van der Waals surface area contributed by atoms with Crippen LogP contribution in [-0.4, -0.2) is 7.11 Å². The van der Waals surface area contributed by atoms with E-state index in [1.54, 1.807) is 7.11 Å². The second-order valence-electron chi connectivity index (χ2n) is 3.67. The summed E-state index contributed by atoms with van der Waals surface area (Å²) in [6.07, 6.45) is 0. The third-order valence-electron chi connectivity index (χ3n) is 2.57. The fraction of sp³-hybridized carbons (Fsp3) is 0.143. The van der Waals surface area contributed by atoms with Crippen LogP contribution >= 0.6 is 15.9 Å². The van der Waals surface area contributed by atoms with Crippen molar-refractivity contribution in [3.63, 3.8) is 0 Å². The third kappa shape index (κ3) is 2.66. The van der Waals surface area contributed by atoms with Crippen molar-refractivity contribution in [2.45, 2.75) is 6.54 Å². The Bertz CT molecular complexity index is 543.